The molecular formula is C20H18Cl2F2N4. The van der Waals surface area contributed by atoms with Gasteiger partial charge in [-0.15, -0.1) is 0 Å². The maximum absolute atomic E-state index is 13.5. The highest BCUT2D eigenvalue weighted by Gasteiger charge is 2.34. The van der Waals surface area contributed by atoms with Crippen molar-refractivity contribution in [2.75, 3.05) is 23.3 Å². The first kappa shape index (κ1) is 19.0. The predicted molar refractivity (Wildman–Crippen MR) is 110 cm³/mol. The van der Waals surface area contributed by atoms with Crippen molar-refractivity contribution < 1.29 is 8.78 Å². The standard InChI is InChI=1S/C20H18Cl2F2N4/c21-15-2-1-3-16(22)18(15)14-12-13(28-10-6-20(23,24)7-11-28)4-5-17(14)27-19-25-8-9-26-19/h1-5,8-9,12H,6-7,10-11H2,(H2,25,26,27). The number of nitrogens with one attached hydrogen (secondary N) is 2. The summed E-state index contributed by atoms with van der Waals surface area (Å²) in [6, 6.07) is 11.1. The van der Waals surface area contributed by atoms with Crippen LogP contribution in [-0.4, -0.2) is 29.0 Å². The van der Waals surface area contributed by atoms with E-state index in [1.165, 1.54) is 0 Å². The number of halogens is 4. The molecule has 1 fully saturated rings. The summed E-state index contributed by atoms with van der Waals surface area (Å²) in [4.78, 5) is 9.15. The molecule has 1 aromatic heterocycles. The molecule has 0 spiro atoms. The summed E-state index contributed by atoms with van der Waals surface area (Å²) in [5, 5.41) is 4.25. The number of alkyl halides is 2. The Morgan fingerprint density at radius 1 is 1.07 bits per heavy atom. The Balaban J connectivity index is 1.76. The van der Waals surface area contributed by atoms with E-state index < -0.39 is 5.92 Å². The lowest BCUT2D eigenvalue weighted by Gasteiger charge is -2.34. The van der Waals surface area contributed by atoms with Gasteiger partial charge in [0.25, 0.3) is 5.92 Å². The van der Waals surface area contributed by atoms with E-state index in [0.29, 0.717) is 34.6 Å². The Kier molecular flexibility index (Phi) is 5.17. The summed E-state index contributed by atoms with van der Waals surface area (Å²) >= 11 is 12.9. The normalized spacial score (nSPS) is 16.2. The molecule has 3 aromatic rings. The van der Waals surface area contributed by atoms with Crippen LogP contribution in [0.2, 0.25) is 10.0 Å². The fraction of sp³-hybridized carbons (Fsp3) is 0.250. The van der Waals surface area contributed by atoms with Gasteiger partial charge < -0.3 is 15.2 Å². The Labute approximate surface area is 171 Å². The van der Waals surface area contributed by atoms with Gasteiger partial charge in [0.15, 0.2) is 0 Å². The third-order valence-electron chi connectivity index (χ3n) is 4.85. The second kappa shape index (κ2) is 7.60. The summed E-state index contributed by atoms with van der Waals surface area (Å²) < 4.78 is 27.1. The van der Waals surface area contributed by atoms with Crippen LogP contribution in [0.15, 0.2) is 48.8 Å². The van der Waals surface area contributed by atoms with Crippen molar-refractivity contribution in [3.8, 4) is 11.1 Å². The van der Waals surface area contributed by atoms with Crippen molar-refractivity contribution in [3.05, 3.63) is 58.8 Å². The van der Waals surface area contributed by atoms with Gasteiger partial charge in [0.05, 0.1) is 0 Å². The number of rotatable bonds is 4. The summed E-state index contributed by atoms with van der Waals surface area (Å²) in [6.07, 6.45) is 3.06. The molecule has 2 N–H and O–H groups in total. The van der Waals surface area contributed by atoms with Gasteiger partial charge in [-0.1, -0.05) is 29.3 Å². The van der Waals surface area contributed by atoms with E-state index in [1.807, 2.05) is 23.1 Å². The molecule has 146 valence electrons. The predicted octanol–water partition coefficient (Wildman–Crippen LogP) is 6.36. The molecule has 2 heterocycles. The van der Waals surface area contributed by atoms with Crippen LogP contribution in [0.1, 0.15) is 12.8 Å². The topological polar surface area (TPSA) is 44.0 Å². The highest BCUT2D eigenvalue weighted by Crippen LogP contribution is 2.42. The van der Waals surface area contributed by atoms with Crippen molar-refractivity contribution in [2.45, 2.75) is 18.8 Å². The van der Waals surface area contributed by atoms with E-state index in [2.05, 4.69) is 15.3 Å². The van der Waals surface area contributed by atoms with E-state index in [1.54, 1.807) is 30.6 Å². The van der Waals surface area contributed by atoms with Crippen LogP contribution in [0.25, 0.3) is 11.1 Å². The SMILES string of the molecule is FC1(F)CCN(c2ccc(Nc3ncc[nH]3)c(-c3c(Cl)cccc3Cl)c2)CC1. The maximum Gasteiger partial charge on any atom is 0.251 e. The Hall–Kier alpha value is -2.31. The van der Waals surface area contributed by atoms with Crippen molar-refractivity contribution in [1.29, 1.82) is 0 Å². The number of benzene rings is 2. The van der Waals surface area contributed by atoms with Crippen LogP contribution in [0, 0.1) is 0 Å². The van der Waals surface area contributed by atoms with E-state index >= 15 is 0 Å². The van der Waals surface area contributed by atoms with Gasteiger partial charge in [0.1, 0.15) is 0 Å². The molecule has 1 aliphatic heterocycles. The number of nitrogens with zero attached hydrogens (tertiary/aromatic N) is 2. The van der Waals surface area contributed by atoms with Gasteiger partial charge in [-0.3, -0.25) is 0 Å². The number of imidazole rings is 1. The molecule has 0 amide bonds. The van der Waals surface area contributed by atoms with Gasteiger partial charge in [-0.25, -0.2) is 13.8 Å². The molecule has 0 atom stereocenters. The first-order valence-corrected chi connectivity index (χ1v) is 9.66. The monoisotopic (exact) mass is 422 g/mol. The van der Waals surface area contributed by atoms with E-state index in [9.17, 15) is 8.78 Å². The van der Waals surface area contributed by atoms with Crippen molar-refractivity contribution in [3.63, 3.8) is 0 Å². The second-order valence-corrected chi connectivity index (χ2v) is 7.55. The largest absolute Gasteiger partial charge is 0.371 e. The van der Waals surface area contributed by atoms with E-state index in [0.717, 1.165) is 16.9 Å². The molecule has 4 rings (SSSR count). The molecule has 4 nitrogen and oxygen atoms in total. The molecule has 8 heteroatoms. The zero-order valence-corrected chi connectivity index (χ0v) is 16.4. The van der Waals surface area contributed by atoms with Crippen LogP contribution in [-0.2, 0) is 0 Å². The average molecular weight is 423 g/mol. The minimum atomic E-state index is -2.59. The minimum absolute atomic E-state index is 0.151. The number of H-pyrrole nitrogens is 1. The summed E-state index contributed by atoms with van der Waals surface area (Å²) in [7, 11) is 0. The van der Waals surface area contributed by atoms with Crippen LogP contribution >= 0.6 is 23.2 Å². The maximum atomic E-state index is 13.5. The van der Waals surface area contributed by atoms with Crippen LogP contribution in [0.3, 0.4) is 0 Å². The van der Waals surface area contributed by atoms with Crippen molar-refractivity contribution in [2.24, 2.45) is 0 Å². The molecule has 0 bridgehead atoms. The Morgan fingerprint density at radius 3 is 2.43 bits per heavy atom. The van der Waals surface area contributed by atoms with Crippen LogP contribution < -0.4 is 10.2 Å². The highest BCUT2D eigenvalue weighted by molar-refractivity contribution is 6.39. The van der Waals surface area contributed by atoms with Gasteiger partial charge in [0.2, 0.25) is 5.95 Å². The molecule has 0 saturated carbocycles. The lowest BCUT2D eigenvalue weighted by molar-refractivity contribution is -0.0220. The Bertz CT molecular complexity index is 946. The summed E-state index contributed by atoms with van der Waals surface area (Å²) in [6.45, 7) is 0.599. The molecule has 2 aromatic carbocycles. The average Bonchev–Trinajstić information content (AvgIpc) is 3.16. The van der Waals surface area contributed by atoms with Gasteiger partial charge in [-0.05, 0) is 30.3 Å². The zero-order chi connectivity index (χ0) is 19.7. The second-order valence-electron chi connectivity index (χ2n) is 6.73. The number of hydrogen-bond donors (Lipinski definition) is 2. The number of anilines is 3. The quantitative estimate of drug-likeness (QED) is 0.513. The molecule has 1 saturated heterocycles. The number of hydrogen-bond acceptors (Lipinski definition) is 3. The van der Waals surface area contributed by atoms with E-state index in [-0.39, 0.29) is 12.8 Å². The first-order valence-electron chi connectivity index (χ1n) is 8.90. The van der Waals surface area contributed by atoms with Crippen molar-refractivity contribution >= 4 is 40.5 Å². The van der Waals surface area contributed by atoms with Crippen molar-refractivity contribution in [1.82, 2.24) is 9.97 Å². The molecule has 0 radical (unpaired) electrons. The molecular weight excluding hydrogens is 405 g/mol. The van der Waals surface area contributed by atoms with Gasteiger partial charge in [0, 0.05) is 70.9 Å². The molecule has 28 heavy (non-hydrogen) atoms. The third kappa shape index (κ3) is 3.93. The van der Waals surface area contributed by atoms with Crippen LogP contribution in [0.4, 0.5) is 26.1 Å². The zero-order valence-electron chi connectivity index (χ0n) is 14.9. The Morgan fingerprint density at radius 2 is 1.79 bits per heavy atom. The smallest absolute Gasteiger partial charge is 0.251 e. The molecule has 0 aliphatic carbocycles. The highest BCUT2D eigenvalue weighted by atomic mass is 35.5. The van der Waals surface area contributed by atoms with Gasteiger partial charge in [-0.2, -0.15) is 0 Å². The first-order chi connectivity index (χ1) is 13.4. The lowest BCUT2D eigenvalue weighted by Crippen LogP contribution is -2.39. The van der Waals surface area contributed by atoms with Gasteiger partial charge >= 0.3 is 0 Å². The fourth-order valence-corrected chi connectivity index (χ4v) is 3.95. The molecule has 0 unspecified atom stereocenters. The van der Waals surface area contributed by atoms with Crippen LogP contribution in [0.5, 0.6) is 0 Å². The lowest BCUT2D eigenvalue weighted by atomic mass is 10.0. The third-order valence-corrected chi connectivity index (χ3v) is 5.48. The number of piperidine rings is 1. The minimum Gasteiger partial charge on any atom is -0.371 e. The number of aromatic amines is 1. The summed E-state index contributed by atoms with van der Waals surface area (Å²) in [5.41, 5.74) is 3.08. The number of aromatic nitrogens is 2. The molecule has 1 aliphatic rings. The fourth-order valence-electron chi connectivity index (χ4n) is 3.35. The summed E-state index contributed by atoms with van der Waals surface area (Å²) in [5.74, 6) is -2.01. The van der Waals surface area contributed by atoms with E-state index in [4.69, 9.17) is 23.2 Å².